The van der Waals surface area contributed by atoms with Gasteiger partial charge in [-0.3, -0.25) is 9.55 Å². The molecule has 31 heavy (non-hydrogen) atoms. The molecule has 5 aromatic rings. The van der Waals surface area contributed by atoms with Crippen molar-refractivity contribution in [2.24, 2.45) is 0 Å². The molecule has 4 aromatic heterocycles. The summed E-state index contributed by atoms with van der Waals surface area (Å²) in [7, 11) is 0. The van der Waals surface area contributed by atoms with Crippen LogP contribution in [0.4, 0.5) is 0 Å². The molecule has 5 rings (SSSR count). The summed E-state index contributed by atoms with van der Waals surface area (Å²) in [6.07, 6.45) is 5.13. The fourth-order valence-electron chi connectivity index (χ4n) is 3.40. The lowest BCUT2D eigenvalue weighted by Crippen LogP contribution is -2.04. The highest BCUT2D eigenvalue weighted by atomic mass is 32.2. The van der Waals surface area contributed by atoms with Gasteiger partial charge in [-0.2, -0.15) is 0 Å². The summed E-state index contributed by atoms with van der Waals surface area (Å²) in [6.45, 7) is 2.46. The van der Waals surface area contributed by atoms with Gasteiger partial charge >= 0.3 is 5.63 Å². The average molecular weight is 430 g/mol. The van der Waals surface area contributed by atoms with Crippen molar-refractivity contribution in [2.75, 3.05) is 0 Å². The van der Waals surface area contributed by atoms with Gasteiger partial charge in [0.05, 0.1) is 12.8 Å². The molecule has 0 spiro atoms. The molecule has 0 saturated heterocycles. The molecular formula is C23H18N4O3S. The first-order valence-electron chi connectivity index (χ1n) is 9.69. The van der Waals surface area contributed by atoms with Crippen molar-refractivity contribution >= 4 is 22.7 Å². The van der Waals surface area contributed by atoms with Gasteiger partial charge < -0.3 is 8.83 Å². The number of hydrogen-bond donors (Lipinski definition) is 0. The van der Waals surface area contributed by atoms with Crippen LogP contribution in [0.5, 0.6) is 0 Å². The highest BCUT2D eigenvalue weighted by Gasteiger charge is 2.17. The van der Waals surface area contributed by atoms with Gasteiger partial charge in [0.2, 0.25) is 0 Å². The molecule has 0 atom stereocenters. The molecule has 0 fully saturated rings. The van der Waals surface area contributed by atoms with Crippen molar-refractivity contribution < 1.29 is 8.83 Å². The first-order chi connectivity index (χ1) is 15.2. The van der Waals surface area contributed by atoms with Gasteiger partial charge in [0.1, 0.15) is 11.3 Å². The van der Waals surface area contributed by atoms with Crippen LogP contribution in [0.3, 0.4) is 0 Å². The largest absolute Gasteiger partial charge is 0.467 e. The van der Waals surface area contributed by atoms with E-state index < -0.39 is 0 Å². The van der Waals surface area contributed by atoms with Crippen molar-refractivity contribution in [3.63, 3.8) is 0 Å². The molecule has 0 aliphatic rings. The minimum atomic E-state index is -0.359. The third-order valence-corrected chi connectivity index (χ3v) is 5.89. The van der Waals surface area contributed by atoms with Crippen LogP contribution >= 0.6 is 11.8 Å². The van der Waals surface area contributed by atoms with E-state index >= 15 is 0 Å². The topological polar surface area (TPSA) is 87.0 Å². The first kappa shape index (κ1) is 19.3. The van der Waals surface area contributed by atoms with Crippen molar-refractivity contribution in [3.05, 3.63) is 94.5 Å². The zero-order valence-electron chi connectivity index (χ0n) is 16.7. The summed E-state index contributed by atoms with van der Waals surface area (Å²) in [5.74, 6) is 2.06. The van der Waals surface area contributed by atoms with Gasteiger partial charge in [-0.25, -0.2) is 4.79 Å². The zero-order chi connectivity index (χ0) is 21.2. The van der Waals surface area contributed by atoms with E-state index in [1.54, 1.807) is 24.7 Å². The monoisotopic (exact) mass is 430 g/mol. The lowest BCUT2D eigenvalue weighted by atomic mass is 10.1. The van der Waals surface area contributed by atoms with Gasteiger partial charge in [-0.05, 0) is 48.4 Å². The molecule has 0 aliphatic heterocycles. The molecule has 0 amide bonds. The van der Waals surface area contributed by atoms with Crippen LogP contribution in [-0.4, -0.2) is 19.7 Å². The summed E-state index contributed by atoms with van der Waals surface area (Å²) < 4.78 is 12.9. The van der Waals surface area contributed by atoms with Crippen LogP contribution in [0.25, 0.3) is 22.4 Å². The van der Waals surface area contributed by atoms with Crippen molar-refractivity contribution in [1.29, 1.82) is 0 Å². The Labute approximate surface area is 181 Å². The summed E-state index contributed by atoms with van der Waals surface area (Å²) in [5, 5.41) is 10.5. The lowest BCUT2D eigenvalue weighted by molar-refractivity contribution is 0.485. The van der Waals surface area contributed by atoms with Crippen molar-refractivity contribution in [3.8, 4) is 11.4 Å². The van der Waals surface area contributed by atoms with E-state index in [-0.39, 0.29) is 5.63 Å². The number of furan rings is 1. The van der Waals surface area contributed by atoms with E-state index in [0.717, 1.165) is 33.0 Å². The second-order valence-electron chi connectivity index (χ2n) is 7.09. The maximum atomic E-state index is 12.1. The molecule has 0 saturated carbocycles. The molecule has 154 valence electrons. The highest BCUT2D eigenvalue weighted by molar-refractivity contribution is 7.98. The number of aryl methyl sites for hydroxylation is 1. The maximum absolute atomic E-state index is 12.1. The van der Waals surface area contributed by atoms with Gasteiger partial charge in [0.25, 0.3) is 0 Å². The van der Waals surface area contributed by atoms with E-state index in [2.05, 4.69) is 15.2 Å². The second-order valence-corrected chi connectivity index (χ2v) is 8.03. The van der Waals surface area contributed by atoms with E-state index in [1.807, 2.05) is 54.0 Å². The van der Waals surface area contributed by atoms with Crippen molar-refractivity contribution in [1.82, 2.24) is 19.7 Å². The van der Waals surface area contributed by atoms with Crippen LogP contribution in [0.2, 0.25) is 0 Å². The Morgan fingerprint density at radius 3 is 2.84 bits per heavy atom. The van der Waals surface area contributed by atoms with Gasteiger partial charge in [-0.1, -0.05) is 23.9 Å². The van der Waals surface area contributed by atoms with Crippen LogP contribution in [0, 0.1) is 6.92 Å². The number of pyridine rings is 1. The molecule has 1 aromatic carbocycles. The number of thioether (sulfide) groups is 1. The molecule has 8 heteroatoms. The predicted octanol–water partition coefficient (Wildman–Crippen LogP) is 4.69. The molecule has 0 bridgehead atoms. The third kappa shape index (κ3) is 4.02. The van der Waals surface area contributed by atoms with E-state index in [0.29, 0.717) is 23.7 Å². The van der Waals surface area contributed by atoms with Crippen LogP contribution in [0.15, 0.2) is 86.0 Å². The Morgan fingerprint density at radius 2 is 2.03 bits per heavy atom. The lowest BCUT2D eigenvalue weighted by Gasteiger charge is -2.09. The zero-order valence-corrected chi connectivity index (χ0v) is 17.5. The van der Waals surface area contributed by atoms with Crippen LogP contribution in [-0.2, 0) is 12.3 Å². The smallest absolute Gasteiger partial charge is 0.336 e. The summed E-state index contributed by atoms with van der Waals surface area (Å²) in [5.41, 5.74) is 3.04. The second kappa shape index (κ2) is 8.23. The Bertz CT molecular complexity index is 1390. The minimum Gasteiger partial charge on any atom is -0.467 e. The number of aromatic nitrogens is 4. The Morgan fingerprint density at radius 1 is 1.10 bits per heavy atom. The van der Waals surface area contributed by atoms with E-state index in [9.17, 15) is 4.79 Å². The molecule has 0 radical (unpaired) electrons. The summed E-state index contributed by atoms with van der Waals surface area (Å²) >= 11 is 1.51. The number of nitrogens with zero attached hydrogens (tertiary/aromatic N) is 4. The number of rotatable bonds is 6. The molecule has 0 N–H and O–H groups in total. The summed E-state index contributed by atoms with van der Waals surface area (Å²) in [4.78, 5) is 16.3. The van der Waals surface area contributed by atoms with Crippen molar-refractivity contribution in [2.45, 2.75) is 24.4 Å². The number of benzene rings is 1. The van der Waals surface area contributed by atoms with Crippen LogP contribution in [0.1, 0.15) is 16.9 Å². The Hall–Kier alpha value is -3.65. The molecule has 4 heterocycles. The number of fused-ring (bicyclic) bond motifs is 1. The van der Waals surface area contributed by atoms with Crippen LogP contribution < -0.4 is 5.63 Å². The first-order valence-corrected chi connectivity index (χ1v) is 10.7. The van der Waals surface area contributed by atoms with Gasteiger partial charge in [0.15, 0.2) is 11.0 Å². The molecule has 0 aliphatic carbocycles. The molecular weight excluding hydrogens is 412 g/mol. The quantitative estimate of drug-likeness (QED) is 0.285. The third-order valence-electron chi connectivity index (χ3n) is 4.87. The highest BCUT2D eigenvalue weighted by Crippen LogP contribution is 2.29. The fourth-order valence-corrected chi connectivity index (χ4v) is 4.33. The normalized spacial score (nSPS) is 11.3. The Balaban J connectivity index is 1.50. The molecule has 7 nitrogen and oxygen atoms in total. The SMILES string of the molecule is Cc1ccc2c(CSc3nnc(-c4cccnc4)n3Cc3ccco3)cc(=O)oc2c1. The predicted molar refractivity (Wildman–Crippen MR) is 118 cm³/mol. The Kier molecular flexibility index (Phi) is 5.13. The minimum absolute atomic E-state index is 0.359. The summed E-state index contributed by atoms with van der Waals surface area (Å²) in [6, 6.07) is 15.0. The van der Waals surface area contributed by atoms with Gasteiger partial charge in [-0.15, -0.1) is 10.2 Å². The molecule has 0 unspecified atom stereocenters. The fraction of sp³-hybridized carbons (Fsp3) is 0.130. The standard InChI is InChI=1S/C23H18N4O3S/c1-15-6-7-19-17(11-21(28)30-20(19)10-15)14-31-23-26-25-22(16-4-2-8-24-12-16)27(23)13-18-5-3-9-29-18/h2-12H,13-14H2,1H3. The van der Waals surface area contributed by atoms with E-state index in [1.165, 1.54) is 11.8 Å². The average Bonchev–Trinajstić information content (AvgIpc) is 3.42. The maximum Gasteiger partial charge on any atom is 0.336 e. The van der Waals surface area contributed by atoms with E-state index in [4.69, 9.17) is 8.83 Å². The number of hydrogen-bond acceptors (Lipinski definition) is 7. The van der Waals surface area contributed by atoms with Gasteiger partial charge in [0, 0.05) is 35.2 Å².